The fourth-order valence-corrected chi connectivity index (χ4v) is 15.1. The number of fused-ring (bicyclic) bond motifs is 20. The van der Waals surface area contributed by atoms with Gasteiger partial charge in [0, 0.05) is 22.1 Å². The van der Waals surface area contributed by atoms with Gasteiger partial charge in [-0.1, -0.05) is 221 Å². The third-order valence-corrected chi connectivity index (χ3v) is 21.0. The number of aromatic nitrogens is 8. The lowest BCUT2D eigenvalue weighted by molar-refractivity contribution is 0.668. The zero-order valence-corrected chi connectivity index (χ0v) is 62.2. The summed E-state index contributed by atoms with van der Waals surface area (Å²) >= 11 is 0. The van der Waals surface area contributed by atoms with Crippen LogP contribution < -0.4 is 0 Å². The smallest absolute Gasteiger partial charge is 0.103 e. The molecule has 4 N–H and O–H groups in total. The standard InChI is InChI=1S/C90H122N8/c1-9-17-25-33-41-65-59-83-85-61-67(43-35-27-19-11-3)77(93-85)55-57-81-71(47-39-31-23-15-7)73(89(97-81)87-63-69(45-37-29-21-13-5)79(95-87)53-51-75(65)91-83)49-50-74-72(48-40-32-24-16-8)82-58-56-78-68(44-36-28-20-12-4)62-86(94-78)84-60-66(42-34-26-18-10-2)76(92-84)52-54-80-70(46-38-30-22-14-6)64-88(96-80)90(74)98-82/h51-64,91,94-96H,9-48H2,1-8H3. The molecule has 0 saturated heterocycles. The molecule has 6 aromatic heterocycles. The maximum atomic E-state index is 5.85. The Morgan fingerprint density at radius 2 is 0.520 bits per heavy atom. The molecule has 0 saturated carbocycles. The molecule has 8 heteroatoms. The van der Waals surface area contributed by atoms with Crippen LogP contribution in [0.3, 0.4) is 0 Å². The number of aryl methyl sites for hydroxylation is 4. The number of H-pyrrole nitrogens is 4. The van der Waals surface area contributed by atoms with Crippen LogP contribution in [-0.4, -0.2) is 39.9 Å². The maximum Gasteiger partial charge on any atom is 0.103 e. The molecular weight excluding hydrogens is 1190 g/mol. The second-order valence-electron chi connectivity index (χ2n) is 29.1. The minimum absolute atomic E-state index is 0.889. The quantitative estimate of drug-likeness (QED) is 0.0227. The zero-order valence-electron chi connectivity index (χ0n) is 62.2. The second kappa shape index (κ2) is 38.9. The molecule has 98 heavy (non-hydrogen) atoms. The summed E-state index contributed by atoms with van der Waals surface area (Å²) in [6.07, 6.45) is 50.9. The molecule has 0 aromatic carbocycles. The lowest BCUT2D eigenvalue weighted by Crippen LogP contribution is -1.88. The Kier molecular flexibility index (Phi) is 29.2. The van der Waals surface area contributed by atoms with Crippen LogP contribution >= 0.6 is 0 Å². The van der Waals surface area contributed by atoms with E-state index in [9.17, 15) is 0 Å². The van der Waals surface area contributed by atoms with Gasteiger partial charge in [-0.05, 0) is 232 Å². The summed E-state index contributed by atoms with van der Waals surface area (Å²) < 4.78 is 0. The minimum atomic E-state index is 0.889. The van der Waals surface area contributed by atoms with Crippen molar-refractivity contribution in [2.75, 3.05) is 0 Å². The monoisotopic (exact) mass is 1310 g/mol. The van der Waals surface area contributed by atoms with E-state index in [2.05, 4.69) is 172 Å². The van der Waals surface area contributed by atoms with Crippen molar-refractivity contribution in [3.05, 3.63) is 141 Å². The second-order valence-corrected chi connectivity index (χ2v) is 29.1. The average Bonchev–Trinajstić information content (AvgIpc) is 1.63. The highest BCUT2D eigenvalue weighted by Crippen LogP contribution is 2.41. The largest absolute Gasteiger partial charge is 0.354 e. The maximum absolute atomic E-state index is 5.85. The number of nitrogens with one attached hydrogen (secondary N) is 4. The third kappa shape index (κ3) is 19.8. The molecule has 4 aliphatic heterocycles. The molecule has 4 aliphatic rings. The van der Waals surface area contributed by atoms with Crippen molar-refractivity contribution in [3.63, 3.8) is 0 Å². The number of hydrogen-bond acceptors (Lipinski definition) is 4. The molecule has 0 unspecified atom stereocenters. The summed E-state index contributed by atoms with van der Waals surface area (Å²) in [5.74, 6) is 8.21. The third-order valence-electron chi connectivity index (χ3n) is 21.0. The molecule has 0 atom stereocenters. The summed E-state index contributed by atoms with van der Waals surface area (Å²) in [7, 11) is 0. The van der Waals surface area contributed by atoms with Gasteiger partial charge in [0.1, 0.15) is 11.4 Å². The first-order chi connectivity index (χ1) is 48.3. The first-order valence-corrected chi connectivity index (χ1v) is 40.1. The van der Waals surface area contributed by atoms with Crippen molar-refractivity contribution in [1.29, 1.82) is 0 Å². The average molecular weight is 1320 g/mol. The van der Waals surface area contributed by atoms with E-state index in [0.29, 0.717) is 0 Å². The Bertz CT molecular complexity index is 4130. The number of hydrogen-bond donors (Lipinski definition) is 4. The van der Waals surface area contributed by atoms with Gasteiger partial charge < -0.3 is 19.9 Å². The van der Waals surface area contributed by atoms with E-state index in [0.717, 1.165) is 198 Å². The summed E-state index contributed by atoms with van der Waals surface area (Å²) in [6, 6.07) is 28.3. The van der Waals surface area contributed by atoms with Gasteiger partial charge in [0.05, 0.1) is 67.4 Å². The molecule has 0 amide bonds. The molecular formula is C90H122N8. The first-order valence-electron chi connectivity index (χ1n) is 40.1. The van der Waals surface area contributed by atoms with E-state index in [1.807, 2.05) is 0 Å². The topological polar surface area (TPSA) is 115 Å². The molecule has 6 aromatic rings. The number of nitrogens with zero attached hydrogens (tertiary/aromatic N) is 4. The van der Waals surface area contributed by atoms with Crippen molar-refractivity contribution >= 4 is 89.7 Å². The molecule has 0 spiro atoms. The number of aromatic amines is 4. The zero-order chi connectivity index (χ0) is 68.3. The van der Waals surface area contributed by atoms with Crippen LogP contribution in [0.15, 0.2) is 72.8 Å². The highest BCUT2D eigenvalue weighted by Gasteiger charge is 2.26. The lowest BCUT2D eigenvalue weighted by Gasteiger charge is -2.06. The van der Waals surface area contributed by atoms with Gasteiger partial charge in [-0.2, -0.15) is 0 Å². The van der Waals surface area contributed by atoms with Crippen molar-refractivity contribution in [2.45, 2.75) is 312 Å². The van der Waals surface area contributed by atoms with Gasteiger partial charge in [-0.15, -0.1) is 0 Å². The predicted octanol–water partition coefficient (Wildman–Crippen LogP) is 26.9. The van der Waals surface area contributed by atoms with Gasteiger partial charge >= 0.3 is 0 Å². The molecule has 0 aliphatic carbocycles. The first kappa shape index (κ1) is 73.5. The highest BCUT2D eigenvalue weighted by molar-refractivity contribution is 6.08. The van der Waals surface area contributed by atoms with Gasteiger partial charge in [0.25, 0.3) is 0 Å². The van der Waals surface area contributed by atoms with Gasteiger partial charge in [-0.3, -0.25) is 0 Å². The number of allylic oxidation sites excluding steroid dienone is 6. The van der Waals surface area contributed by atoms with Crippen molar-refractivity contribution in [3.8, 4) is 11.8 Å². The SMILES string of the molecule is CCCCCCC1=Cc2nc1ccc1[nH]c(cc1CCCCCC)c1nc(ccc3[nH]c2cc3CCCCCC)C(CCCCCC)=C1C#CC1=C(CCCCCC)c2ccc3nc(c4cc(CCCCCC)c(ccc5[nH]c(cc5CCCCCC)c1n2)[nH]4)C=C3CCCCCC. The Morgan fingerprint density at radius 3 is 0.857 bits per heavy atom. The Labute approximate surface area is 590 Å². The van der Waals surface area contributed by atoms with E-state index in [-0.39, 0.29) is 0 Å². The summed E-state index contributed by atoms with van der Waals surface area (Å²) in [6.45, 7) is 18.5. The van der Waals surface area contributed by atoms with Crippen LogP contribution in [0.5, 0.6) is 0 Å². The highest BCUT2D eigenvalue weighted by atomic mass is 14.8. The lowest BCUT2D eigenvalue weighted by atomic mass is 9.96. The van der Waals surface area contributed by atoms with E-state index in [1.165, 1.54) is 204 Å². The van der Waals surface area contributed by atoms with E-state index < -0.39 is 0 Å². The molecule has 0 radical (unpaired) electrons. The predicted molar refractivity (Wildman–Crippen MR) is 426 cm³/mol. The van der Waals surface area contributed by atoms with E-state index >= 15 is 0 Å². The fraction of sp³-hybridized carbons (Fsp3) is 0.533. The van der Waals surface area contributed by atoms with Crippen LogP contribution in [0.2, 0.25) is 0 Å². The van der Waals surface area contributed by atoms with E-state index in [4.69, 9.17) is 19.9 Å². The van der Waals surface area contributed by atoms with Gasteiger partial charge in [-0.25, -0.2) is 19.9 Å². The van der Waals surface area contributed by atoms with Crippen LogP contribution in [0.1, 0.15) is 354 Å². The van der Waals surface area contributed by atoms with Crippen LogP contribution in [0.25, 0.3) is 89.7 Å². The van der Waals surface area contributed by atoms with Crippen LogP contribution in [0, 0.1) is 11.8 Å². The van der Waals surface area contributed by atoms with Gasteiger partial charge in [0.2, 0.25) is 0 Å². The Hall–Kier alpha value is -7.24. The molecule has 8 nitrogen and oxygen atoms in total. The minimum Gasteiger partial charge on any atom is -0.354 e. The number of rotatable bonds is 40. The number of unbranched alkanes of at least 4 members (excludes halogenated alkanes) is 24. The molecule has 522 valence electrons. The van der Waals surface area contributed by atoms with Crippen LogP contribution in [0.4, 0.5) is 0 Å². The molecule has 16 bridgehead atoms. The summed E-state index contributed by atoms with van der Waals surface area (Å²) in [4.78, 5) is 38.8. The van der Waals surface area contributed by atoms with Crippen LogP contribution in [-0.2, 0) is 25.7 Å². The van der Waals surface area contributed by atoms with E-state index in [1.54, 1.807) is 0 Å². The summed E-state index contributed by atoms with van der Waals surface area (Å²) in [5.41, 5.74) is 29.6. The molecule has 0 fully saturated rings. The molecule has 10 rings (SSSR count). The Balaban J connectivity index is 1.24. The summed E-state index contributed by atoms with van der Waals surface area (Å²) in [5, 5.41) is 0. The van der Waals surface area contributed by atoms with Gasteiger partial charge in [0.15, 0.2) is 0 Å². The Morgan fingerprint density at radius 1 is 0.255 bits per heavy atom. The van der Waals surface area contributed by atoms with Crippen molar-refractivity contribution in [2.24, 2.45) is 0 Å². The van der Waals surface area contributed by atoms with Crippen molar-refractivity contribution < 1.29 is 0 Å². The molecule has 10 heterocycles. The normalized spacial score (nSPS) is 13.1. The fourth-order valence-electron chi connectivity index (χ4n) is 15.1. The van der Waals surface area contributed by atoms with Crippen molar-refractivity contribution in [1.82, 2.24) is 39.9 Å².